The molecule has 0 bridgehead atoms. The molecule has 4 heteroatoms. The molecule has 94 valence electrons. The van der Waals surface area contributed by atoms with Crippen LogP contribution in [0.5, 0.6) is 5.75 Å². The van der Waals surface area contributed by atoms with Crippen molar-refractivity contribution in [3.05, 3.63) is 48.2 Å². The van der Waals surface area contributed by atoms with Gasteiger partial charge in [0.15, 0.2) is 0 Å². The number of nitrogens with two attached hydrogens (primary N) is 1. The lowest BCUT2D eigenvalue weighted by atomic mass is 10.2. The van der Waals surface area contributed by atoms with E-state index in [9.17, 15) is 0 Å². The highest BCUT2D eigenvalue weighted by atomic mass is 16.5. The average Bonchev–Trinajstić information content (AvgIpc) is 2.39. The zero-order valence-electron chi connectivity index (χ0n) is 10.6. The third kappa shape index (κ3) is 2.91. The smallest absolute Gasteiger partial charge is 0.130 e. The second kappa shape index (κ2) is 5.40. The minimum Gasteiger partial charge on any atom is -0.497 e. The highest BCUT2D eigenvalue weighted by Gasteiger charge is 2.04. The summed E-state index contributed by atoms with van der Waals surface area (Å²) in [7, 11) is 3.66. The fourth-order valence-electron chi connectivity index (χ4n) is 1.77. The monoisotopic (exact) mass is 243 g/mol. The van der Waals surface area contributed by atoms with Gasteiger partial charge in [-0.2, -0.15) is 0 Å². The number of ether oxygens (including phenoxy) is 1. The molecular formula is C14H17N3O. The maximum Gasteiger partial charge on any atom is 0.130 e. The maximum absolute atomic E-state index is 5.75. The van der Waals surface area contributed by atoms with E-state index in [0.29, 0.717) is 0 Å². The fraction of sp³-hybridized carbons (Fsp3) is 0.214. The Balaban J connectivity index is 2.13. The molecule has 2 aromatic rings. The SMILES string of the molecule is COc1cccc(CN(C)c2cc(N)ccn2)c1. The molecule has 0 unspecified atom stereocenters. The number of benzene rings is 1. The Bertz CT molecular complexity index is 528. The molecule has 0 fully saturated rings. The molecule has 2 N–H and O–H groups in total. The van der Waals surface area contributed by atoms with Crippen LogP contribution in [0, 0.1) is 0 Å². The van der Waals surface area contributed by atoms with E-state index >= 15 is 0 Å². The molecule has 18 heavy (non-hydrogen) atoms. The van der Waals surface area contributed by atoms with Gasteiger partial charge in [-0.25, -0.2) is 4.98 Å². The minimum atomic E-state index is 0.720. The van der Waals surface area contributed by atoms with Gasteiger partial charge in [0.05, 0.1) is 7.11 Å². The van der Waals surface area contributed by atoms with Gasteiger partial charge < -0.3 is 15.4 Å². The summed E-state index contributed by atoms with van der Waals surface area (Å²) in [4.78, 5) is 6.34. The molecule has 0 aliphatic carbocycles. The van der Waals surface area contributed by atoms with Crippen LogP contribution in [-0.4, -0.2) is 19.1 Å². The Morgan fingerprint density at radius 1 is 1.28 bits per heavy atom. The average molecular weight is 243 g/mol. The van der Waals surface area contributed by atoms with Crippen molar-refractivity contribution in [1.29, 1.82) is 0 Å². The summed E-state index contributed by atoms with van der Waals surface area (Å²) in [5.41, 5.74) is 7.64. The third-order valence-corrected chi connectivity index (χ3v) is 2.71. The van der Waals surface area contributed by atoms with Gasteiger partial charge in [0.1, 0.15) is 11.6 Å². The van der Waals surface area contributed by atoms with Crippen molar-refractivity contribution in [2.75, 3.05) is 24.8 Å². The molecule has 1 heterocycles. The molecule has 0 spiro atoms. The highest BCUT2D eigenvalue weighted by molar-refractivity contribution is 5.50. The number of hydrogen-bond donors (Lipinski definition) is 1. The largest absolute Gasteiger partial charge is 0.497 e. The Labute approximate surface area is 107 Å². The molecule has 0 radical (unpaired) electrons. The number of pyridine rings is 1. The van der Waals surface area contributed by atoms with E-state index in [-0.39, 0.29) is 0 Å². The van der Waals surface area contributed by atoms with Crippen molar-refractivity contribution in [3.8, 4) is 5.75 Å². The van der Waals surface area contributed by atoms with Crippen molar-refractivity contribution in [3.63, 3.8) is 0 Å². The van der Waals surface area contributed by atoms with E-state index in [4.69, 9.17) is 10.5 Å². The Kier molecular flexibility index (Phi) is 3.67. The van der Waals surface area contributed by atoms with E-state index < -0.39 is 0 Å². The van der Waals surface area contributed by atoms with E-state index in [2.05, 4.69) is 11.1 Å². The molecule has 1 aromatic carbocycles. The van der Waals surface area contributed by atoms with Crippen LogP contribution in [-0.2, 0) is 6.54 Å². The zero-order valence-corrected chi connectivity index (χ0v) is 10.6. The van der Waals surface area contributed by atoms with E-state index in [1.807, 2.05) is 36.2 Å². The first-order chi connectivity index (χ1) is 8.69. The molecule has 1 aromatic heterocycles. The van der Waals surface area contributed by atoms with Gasteiger partial charge in [0.25, 0.3) is 0 Å². The number of anilines is 2. The van der Waals surface area contributed by atoms with Crippen LogP contribution < -0.4 is 15.4 Å². The standard InChI is InChI=1S/C14H17N3O/c1-17(14-9-12(15)6-7-16-14)10-11-4-3-5-13(8-11)18-2/h3-9H,10H2,1-2H3,(H2,15,16). The second-order valence-electron chi connectivity index (χ2n) is 4.15. The molecule has 0 amide bonds. The first-order valence-corrected chi connectivity index (χ1v) is 5.74. The first-order valence-electron chi connectivity index (χ1n) is 5.74. The molecule has 0 atom stereocenters. The van der Waals surface area contributed by atoms with Gasteiger partial charge in [-0.05, 0) is 23.8 Å². The first kappa shape index (κ1) is 12.2. The van der Waals surface area contributed by atoms with Gasteiger partial charge >= 0.3 is 0 Å². The van der Waals surface area contributed by atoms with Crippen LogP contribution in [0.15, 0.2) is 42.6 Å². The molecule has 2 rings (SSSR count). The van der Waals surface area contributed by atoms with E-state index in [1.165, 1.54) is 5.56 Å². The van der Waals surface area contributed by atoms with Crippen LogP contribution in [0.2, 0.25) is 0 Å². The molecule has 4 nitrogen and oxygen atoms in total. The summed E-state index contributed by atoms with van der Waals surface area (Å²) in [6.07, 6.45) is 1.72. The third-order valence-electron chi connectivity index (χ3n) is 2.71. The van der Waals surface area contributed by atoms with Crippen LogP contribution in [0.4, 0.5) is 11.5 Å². The molecule has 0 aliphatic rings. The number of aromatic nitrogens is 1. The van der Waals surface area contributed by atoms with Gasteiger partial charge in [-0.15, -0.1) is 0 Å². The normalized spacial score (nSPS) is 10.1. The fourth-order valence-corrected chi connectivity index (χ4v) is 1.77. The minimum absolute atomic E-state index is 0.720. The molecule has 0 saturated carbocycles. The number of methoxy groups -OCH3 is 1. The predicted octanol–water partition coefficient (Wildman–Crippen LogP) is 2.31. The lowest BCUT2D eigenvalue weighted by Gasteiger charge is -2.18. The summed E-state index contributed by atoms with van der Waals surface area (Å²) in [6, 6.07) is 11.6. The second-order valence-corrected chi connectivity index (χ2v) is 4.15. The van der Waals surface area contributed by atoms with Gasteiger partial charge in [-0.1, -0.05) is 12.1 Å². The Morgan fingerprint density at radius 2 is 2.11 bits per heavy atom. The number of hydrogen-bond acceptors (Lipinski definition) is 4. The van der Waals surface area contributed by atoms with E-state index in [1.54, 1.807) is 19.4 Å². The molecule has 0 aliphatic heterocycles. The number of rotatable bonds is 4. The summed E-state index contributed by atoms with van der Waals surface area (Å²) in [5.74, 6) is 1.72. The summed E-state index contributed by atoms with van der Waals surface area (Å²) >= 11 is 0. The van der Waals surface area contributed by atoms with Gasteiger partial charge in [0.2, 0.25) is 0 Å². The van der Waals surface area contributed by atoms with Crippen molar-refractivity contribution >= 4 is 11.5 Å². The zero-order chi connectivity index (χ0) is 13.0. The van der Waals surface area contributed by atoms with Crippen LogP contribution in [0.3, 0.4) is 0 Å². The lowest BCUT2D eigenvalue weighted by molar-refractivity contribution is 0.414. The molecular weight excluding hydrogens is 226 g/mol. The van der Waals surface area contributed by atoms with Crippen molar-refractivity contribution in [2.45, 2.75) is 6.54 Å². The van der Waals surface area contributed by atoms with Crippen molar-refractivity contribution in [2.24, 2.45) is 0 Å². The van der Waals surface area contributed by atoms with Gasteiger partial charge in [-0.3, -0.25) is 0 Å². The van der Waals surface area contributed by atoms with Crippen molar-refractivity contribution in [1.82, 2.24) is 4.98 Å². The molecule has 0 saturated heterocycles. The predicted molar refractivity (Wildman–Crippen MR) is 73.8 cm³/mol. The van der Waals surface area contributed by atoms with Crippen molar-refractivity contribution < 1.29 is 4.74 Å². The Hall–Kier alpha value is -2.23. The van der Waals surface area contributed by atoms with Crippen LogP contribution in [0.25, 0.3) is 0 Å². The summed E-state index contributed by atoms with van der Waals surface area (Å²) in [5, 5.41) is 0. The van der Waals surface area contributed by atoms with Crippen LogP contribution >= 0.6 is 0 Å². The summed E-state index contributed by atoms with van der Waals surface area (Å²) < 4.78 is 5.21. The number of nitrogens with zero attached hydrogens (tertiary/aromatic N) is 2. The topological polar surface area (TPSA) is 51.4 Å². The summed E-state index contributed by atoms with van der Waals surface area (Å²) in [6.45, 7) is 0.758. The van der Waals surface area contributed by atoms with E-state index in [0.717, 1.165) is 23.8 Å². The maximum atomic E-state index is 5.75. The highest BCUT2D eigenvalue weighted by Crippen LogP contribution is 2.18. The number of nitrogen functional groups attached to an aromatic ring is 1. The lowest BCUT2D eigenvalue weighted by Crippen LogP contribution is -2.17. The van der Waals surface area contributed by atoms with Gasteiger partial charge in [0, 0.05) is 31.5 Å². The van der Waals surface area contributed by atoms with Crippen LogP contribution in [0.1, 0.15) is 5.56 Å². The Morgan fingerprint density at radius 3 is 2.83 bits per heavy atom. The quantitative estimate of drug-likeness (QED) is 0.895.